The SMILES string of the molecule is CCc1nc(N(C)Cc2scnc2C)sc1CNC. The number of hydrogen-bond acceptors (Lipinski definition) is 6. The molecular formula is C13H20N4S2. The smallest absolute Gasteiger partial charge is 0.185 e. The van der Waals surface area contributed by atoms with Crippen molar-refractivity contribution >= 4 is 27.8 Å². The molecule has 0 bridgehead atoms. The lowest BCUT2D eigenvalue weighted by Gasteiger charge is -2.14. The van der Waals surface area contributed by atoms with Crippen molar-refractivity contribution in [2.45, 2.75) is 33.4 Å². The molecule has 0 saturated carbocycles. The van der Waals surface area contributed by atoms with E-state index in [1.807, 2.05) is 12.6 Å². The highest BCUT2D eigenvalue weighted by Gasteiger charge is 2.14. The van der Waals surface area contributed by atoms with E-state index in [-0.39, 0.29) is 0 Å². The van der Waals surface area contributed by atoms with Gasteiger partial charge in [-0.05, 0) is 20.4 Å². The fourth-order valence-corrected chi connectivity index (χ4v) is 3.82. The lowest BCUT2D eigenvalue weighted by molar-refractivity contribution is 0.813. The molecule has 2 aromatic heterocycles. The molecule has 0 radical (unpaired) electrons. The molecule has 0 aromatic carbocycles. The summed E-state index contributed by atoms with van der Waals surface area (Å²) in [7, 11) is 4.07. The van der Waals surface area contributed by atoms with Gasteiger partial charge in [-0.2, -0.15) is 0 Å². The first-order valence-corrected chi connectivity index (χ1v) is 8.08. The van der Waals surface area contributed by atoms with Crippen molar-refractivity contribution in [3.63, 3.8) is 0 Å². The maximum absolute atomic E-state index is 4.75. The number of aryl methyl sites for hydroxylation is 2. The summed E-state index contributed by atoms with van der Waals surface area (Å²) in [6.45, 7) is 6.00. The molecule has 0 atom stereocenters. The van der Waals surface area contributed by atoms with Gasteiger partial charge in [0.25, 0.3) is 0 Å². The van der Waals surface area contributed by atoms with Crippen molar-refractivity contribution in [1.82, 2.24) is 15.3 Å². The predicted octanol–water partition coefficient (Wildman–Crippen LogP) is 2.83. The van der Waals surface area contributed by atoms with Crippen LogP contribution in [0.15, 0.2) is 5.51 Å². The Morgan fingerprint density at radius 1 is 1.37 bits per heavy atom. The van der Waals surface area contributed by atoms with Crippen LogP contribution in [0.4, 0.5) is 5.13 Å². The topological polar surface area (TPSA) is 41.1 Å². The second kappa shape index (κ2) is 6.45. The van der Waals surface area contributed by atoms with Crippen molar-refractivity contribution in [2.75, 3.05) is 19.0 Å². The van der Waals surface area contributed by atoms with Gasteiger partial charge in [0.15, 0.2) is 5.13 Å². The highest BCUT2D eigenvalue weighted by atomic mass is 32.1. The number of hydrogen-bond donors (Lipinski definition) is 1. The Hall–Kier alpha value is -0.980. The molecule has 19 heavy (non-hydrogen) atoms. The quantitative estimate of drug-likeness (QED) is 0.890. The van der Waals surface area contributed by atoms with E-state index in [2.05, 4.69) is 36.1 Å². The molecule has 0 aliphatic carbocycles. The van der Waals surface area contributed by atoms with Crippen LogP contribution in [0.2, 0.25) is 0 Å². The minimum absolute atomic E-state index is 0.881. The van der Waals surface area contributed by atoms with Gasteiger partial charge in [0.05, 0.1) is 23.4 Å². The van der Waals surface area contributed by atoms with Crippen LogP contribution < -0.4 is 10.2 Å². The van der Waals surface area contributed by atoms with E-state index in [0.717, 1.165) is 30.3 Å². The number of thiazole rings is 2. The average Bonchev–Trinajstić information content (AvgIpc) is 2.97. The maximum atomic E-state index is 4.75. The summed E-state index contributed by atoms with van der Waals surface area (Å²) in [5.74, 6) is 0. The first kappa shape index (κ1) is 14.4. The number of nitrogens with zero attached hydrogens (tertiary/aromatic N) is 3. The Bertz CT molecular complexity index is 532. The Morgan fingerprint density at radius 3 is 2.74 bits per heavy atom. The number of anilines is 1. The van der Waals surface area contributed by atoms with Gasteiger partial charge >= 0.3 is 0 Å². The van der Waals surface area contributed by atoms with Crippen LogP contribution in [-0.2, 0) is 19.5 Å². The normalized spacial score (nSPS) is 10.9. The first-order valence-electron chi connectivity index (χ1n) is 6.39. The number of rotatable bonds is 6. The summed E-state index contributed by atoms with van der Waals surface area (Å²) in [6.07, 6.45) is 0.987. The van der Waals surface area contributed by atoms with Crippen molar-refractivity contribution < 1.29 is 0 Å². The molecule has 4 nitrogen and oxygen atoms in total. The molecule has 0 unspecified atom stereocenters. The Kier molecular flexibility index (Phi) is 4.90. The molecule has 0 amide bonds. The second-order valence-corrected chi connectivity index (χ2v) is 6.47. The number of aromatic nitrogens is 2. The van der Waals surface area contributed by atoms with Crippen molar-refractivity contribution in [3.05, 3.63) is 26.7 Å². The van der Waals surface area contributed by atoms with Gasteiger partial charge in [0.2, 0.25) is 0 Å². The molecular weight excluding hydrogens is 276 g/mol. The zero-order chi connectivity index (χ0) is 13.8. The predicted molar refractivity (Wildman–Crippen MR) is 83.2 cm³/mol. The van der Waals surface area contributed by atoms with E-state index in [1.165, 1.54) is 15.4 Å². The summed E-state index contributed by atoms with van der Waals surface area (Å²) in [4.78, 5) is 13.9. The van der Waals surface area contributed by atoms with Crippen molar-refractivity contribution in [1.29, 1.82) is 0 Å². The third kappa shape index (κ3) is 3.32. The van der Waals surface area contributed by atoms with Crippen LogP contribution in [0, 0.1) is 6.92 Å². The van der Waals surface area contributed by atoms with E-state index in [1.54, 1.807) is 22.7 Å². The maximum Gasteiger partial charge on any atom is 0.185 e. The van der Waals surface area contributed by atoms with E-state index < -0.39 is 0 Å². The van der Waals surface area contributed by atoms with Gasteiger partial charge in [-0.15, -0.1) is 22.7 Å². The Labute approximate surface area is 122 Å². The largest absolute Gasteiger partial charge is 0.346 e. The molecule has 6 heteroatoms. The molecule has 0 saturated heterocycles. The lowest BCUT2D eigenvalue weighted by Crippen LogP contribution is -2.15. The average molecular weight is 296 g/mol. The highest BCUT2D eigenvalue weighted by molar-refractivity contribution is 7.15. The highest BCUT2D eigenvalue weighted by Crippen LogP contribution is 2.28. The van der Waals surface area contributed by atoms with Crippen molar-refractivity contribution in [2.24, 2.45) is 0 Å². The van der Waals surface area contributed by atoms with Crippen LogP contribution in [0.25, 0.3) is 0 Å². The zero-order valence-electron chi connectivity index (χ0n) is 11.9. The molecule has 104 valence electrons. The van der Waals surface area contributed by atoms with Crippen LogP contribution in [-0.4, -0.2) is 24.1 Å². The van der Waals surface area contributed by atoms with Gasteiger partial charge in [-0.3, -0.25) is 0 Å². The number of nitrogens with one attached hydrogen (secondary N) is 1. The monoisotopic (exact) mass is 296 g/mol. The molecule has 2 heterocycles. The first-order chi connectivity index (χ1) is 9.15. The summed E-state index contributed by atoms with van der Waals surface area (Å²) < 4.78 is 0. The molecule has 0 spiro atoms. The summed E-state index contributed by atoms with van der Waals surface area (Å²) in [5, 5.41) is 4.30. The minimum atomic E-state index is 0.881. The minimum Gasteiger partial charge on any atom is -0.346 e. The lowest BCUT2D eigenvalue weighted by atomic mass is 10.3. The summed E-state index contributed by atoms with van der Waals surface area (Å²) >= 11 is 3.49. The van der Waals surface area contributed by atoms with Crippen LogP contribution in [0.1, 0.15) is 28.1 Å². The van der Waals surface area contributed by atoms with Gasteiger partial charge in [-0.1, -0.05) is 6.92 Å². The standard InChI is InChI=1S/C13H20N4S2/c1-5-10-11(6-14-3)19-13(16-10)17(4)7-12-9(2)15-8-18-12/h8,14H,5-7H2,1-4H3. The van der Waals surface area contributed by atoms with Crippen LogP contribution >= 0.6 is 22.7 Å². The fraction of sp³-hybridized carbons (Fsp3) is 0.538. The molecule has 0 aliphatic rings. The van der Waals surface area contributed by atoms with Gasteiger partial charge < -0.3 is 10.2 Å². The summed E-state index contributed by atoms with van der Waals surface area (Å²) in [5.41, 5.74) is 4.24. The van der Waals surface area contributed by atoms with Crippen molar-refractivity contribution in [3.8, 4) is 0 Å². The molecule has 1 N–H and O–H groups in total. The van der Waals surface area contributed by atoms with E-state index in [4.69, 9.17) is 4.98 Å². The van der Waals surface area contributed by atoms with Gasteiger partial charge in [0, 0.05) is 23.3 Å². The van der Waals surface area contributed by atoms with E-state index >= 15 is 0 Å². The molecule has 0 aliphatic heterocycles. The Balaban J connectivity index is 2.14. The third-order valence-electron chi connectivity index (χ3n) is 2.99. The second-order valence-electron chi connectivity index (χ2n) is 4.47. The van der Waals surface area contributed by atoms with Gasteiger partial charge in [0.1, 0.15) is 0 Å². The van der Waals surface area contributed by atoms with Gasteiger partial charge in [-0.25, -0.2) is 9.97 Å². The fourth-order valence-electron chi connectivity index (χ4n) is 1.87. The third-order valence-corrected chi connectivity index (χ3v) is 5.12. The van der Waals surface area contributed by atoms with Crippen LogP contribution in [0.5, 0.6) is 0 Å². The summed E-state index contributed by atoms with van der Waals surface area (Å²) in [6, 6.07) is 0. The van der Waals surface area contributed by atoms with E-state index in [0.29, 0.717) is 0 Å². The molecule has 0 fully saturated rings. The van der Waals surface area contributed by atoms with Crippen LogP contribution in [0.3, 0.4) is 0 Å². The zero-order valence-corrected chi connectivity index (χ0v) is 13.5. The molecule has 2 rings (SSSR count). The van der Waals surface area contributed by atoms with E-state index in [9.17, 15) is 0 Å². The Morgan fingerprint density at radius 2 is 2.16 bits per heavy atom. The molecule has 2 aromatic rings.